The Balaban J connectivity index is 2.21. The van der Waals surface area contributed by atoms with Crippen molar-refractivity contribution in [1.82, 2.24) is 24.1 Å². The van der Waals surface area contributed by atoms with Gasteiger partial charge in [0.25, 0.3) is 0 Å². The number of aromatic nitrogens is 5. The molecule has 0 fully saturated rings. The van der Waals surface area contributed by atoms with Crippen LogP contribution in [0, 0.1) is 11.7 Å². The van der Waals surface area contributed by atoms with Gasteiger partial charge in [0.2, 0.25) is 0 Å². The Morgan fingerprint density at radius 2 is 2.20 bits per heavy atom. The molecule has 0 atom stereocenters. The summed E-state index contributed by atoms with van der Waals surface area (Å²) in [6, 6.07) is 5.98. The first-order valence-electron chi connectivity index (χ1n) is 6.81. The van der Waals surface area contributed by atoms with E-state index < -0.39 is 0 Å². The van der Waals surface area contributed by atoms with Crippen LogP contribution in [-0.2, 0) is 6.54 Å². The monoisotopic (exact) mass is 287 g/mol. The number of fused-ring (bicyclic) bond motifs is 1. The predicted molar refractivity (Wildman–Crippen MR) is 81.2 cm³/mol. The number of H-pyrrole nitrogens is 1. The van der Waals surface area contributed by atoms with Crippen molar-refractivity contribution in [1.29, 1.82) is 0 Å². The first kappa shape index (κ1) is 13.1. The molecule has 3 heterocycles. The van der Waals surface area contributed by atoms with Gasteiger partial charge in [0.1, 0.15) is 11.3 Å². The Kier molecular flexibility index (Phi) is 3.40. The first-order valence-corrected chi connectivity index (χ1v) is 7.22. The molecule has 3 rings (SSSR count). The molecule has 0 radical (unpaired) electrons. The maximum atomic E-state index is 5.34. The van der Waals surface area contributed by atoms with Crippen molar-refractivity contribution in [3.05, 3.63) is 34.9 Å². The van der Waals surface area contributed by atoms with Crippen LogP contribution in [0.25, 0.3) is 17.2 Å². The summed E-state index contributed by atoms with van der Waals surface area (Å²) in [7, 11) is 0. The van der Waals surface area contributed by atoms with Gasteiger partial charge in [-0.25, -0.2) is 4.98 Å². The Hall–Kier alpha value is -1.95. The summed E-state index contributed by atoms with van der Waals surface area (Å²) >= 11 is 5.34. The normalized spacial score (nSPS) is 11.3. The SMILES string of the molecule is CCCCn1c(-c2c(C)nc3ccccn23)n[nH]c1=S. The van der Waals surface area contributed by atoms with E-state index in [1.807, 2.05) is 31.3 Å². The largest absolute Gasteiger partial charge is 0.299 e. The van der Waals surface area contributed by atoms with Crippen molar-refractivity contribution in [2.45, 2.75) is 33.2 Å². The van der Waals surface area contributed by atoms with Crippen LogP contribution in [0.2, 0.25) is 0 Å². The number of nitrogens with one attached hydrogen (secondary N) is 1. The molecule has 0 aliphatic heterocycles. The summed E-state index contributed by atoms with van der Waals surface area (Å²) in [6.45, 7) is 5.05. The minimum Gasteiger partial charge on any atom is -0.299 e. The van der Waals surface area contributed by atoms with Crippen molar-refractivity contribution < 1.29 is 0 Å². The van der Waals surface area contributed by atoms with Gasteiger partial charge in [0.05, 0.1) is 5.69 Å². The molecule has 104 valence electrons. The Labute approximate surface area is 122 Å². The number of pyridine rings is 1. The van der Waals surface area contributed by atoms with Gasteiger partial charge in [-0.1, -0.05) is 19.4 Å². The summed E-state index contributed by atoms with van der Waals surface area (Å²) < 4.78 is 4.78. The zero-order valence-corrected chi connectivity index (χ0v) is 12.4. The fourth-order valence-electron chi connectivity index (χ4n) is 2.41. The Morgan fingerprint density at radius 3 is 3.00 bits per heavy atom. The van der Waals surface area contributed by atoms with E-state index in [4.69, 9.17) is 12.2 Å². The van der Waals surface area contributed by atoms with Gasteiger partial charge in [0.15, 0.2) is 10.6 Å². The highest BCUT2D eigenvalue weighted by Gasteiger charge is 2.16. The first-order chi connectivity index (χ1) is 9.72. The van der Waals surface area contributed by atoms with Gasteiger partial charge < -0.3 is 0 Å². The van der Waals surface area contributed by atoms with E-state index >= 15 is 0 Å². The van der Waals surface area contributed by atoms with Crippen molar-refractivity contribution in [3.8, 4) is 11.5 Å². The number of unbranched alkanes of at least 4 members (excludes halogenated alkanes) is 1. The Bertz CT molecular complexity index is 795. The average Bonchev–Trinajstić information content (AvgIpc) is 2.96. The van der Waals surface area contributed by atoms with Crippen LogP contribution < -0.4 is 0 Å². The summed E-state index contributed by atoms with van der Waals surface area (Å²) in [5.74, 6) is 0.861. The number of hydrogen-bond donors (Lipinski definition) is 1. The highest BCUT2D eigenvalue weighted by molar-refractivity contribution is 7.71. The Morgan fingerprint density at radius 1 is 1.35 bits per heavy atom. The van der Waals surface area contributed by atoms with Gasteiger partial charge >= 0.3 is 0 Å². The van der Waals surface area contributed by atoms with E-state index in [-0.39, 0.29) is 0 Å². The second-order valence-electron chi connectivity index (χ2n) is 4.83. The van der Waals surface area contributed by atoms with Crippen molar-refractivity contribution >= 4 is 17.9 Å². The highest BCUT2D eigenvalue weighted by atomic mass is 32.1. The lowest BCUT2D eigenvalue weighted by molar-refractivity contribution is 0.627. The fourth-order valence-corrected chi connectivity index (χ4v) is 2.63. The van der Waals surface area contributed by atoms with E-state index in [1.54, 1.807) is 0 Å². The number of nitrogens with zero attached hydrogens (tertiary/aromatic N) is 4. The minimum absolute atomic E-state index is 0.665. The maximum absolute atomic E-state index is 5.34. The molecule has 0 aromatic carbocycles. The van der Waals surface area contributed by atoms with Gasteiger partial charge in [-0.2, -0.15) is 5.10 Å². The van der Waals surface area contributed by atoms with Gasteiger partial charge in [-0.3, -0.25) is 14.1 Å². The van der Waals surface area contributed by atoms with E-state index in [9.17, 15) is 0 Å². The molecule has 20 heavy (non-hydrogen) atoms. The molecule has 0 amide bonds. The van der Waals surface area contributed by atoms with Crippen molar-refractivity contribution in [2.75, 3.05) is 0 Å². The summed E-state index contributed by atoms with van der Waals surface area (Å²) in [6.07, 6.45) is 4.21. The maximum Gasteiger partial charge on any atom is 0.195 e. The molecule has 0 saturated heterocycles. The fraction of sp³-hybridized carbons (Fsp3) is 0.357. The second-order valence-corrected chi connectivity index (χ2v) is 5.22. The van der Waals surface area contributed by atoms with Gasteiger partial charge in [-0.15, -0.1) is 0 Å². The smallest absolute Gasteiger partial charge is 0.195 e. The van der Waals surface area contributed by atoms with Crippen LogP contribution in [0.5, 0.6) is 0 Å². The van der Waals surface area contributed by atoms with E-state index in [0.717, 1.165) is 42.2 Å². The van der Waals surface area contributed by atoms with Crippen molar-refractivity contribution in [2.24, 2.45) is 0 Å². The lowest BCUT2D eigenvalue weighted by Crippen LogP contribution is -2.03. The number of hydrogen-bond acceptors (Lipinski definition) is 3. The molecule has 6 heteroatoms. The predicted octanol–water partition coefficient (Wildman–Crippen LogP) is 3.36. The highest BCUT2D eigenvalue weighted by Crippen LogP contribution is 2.23. The summed E-state index contributed by atoms with van der Waals surface area (Å²) in [5.41, 5.74) is 2.89. The molecular formula is C14H17N5S. The second kappa shape index (κ2) is 5.20. The molecule has 1 N–H and O–H groups in total. The van der Waals surface area contributed by atoms with E-state index in [2.05, 4.69) is 31.1 Å². The van der Waals surface area contributed by atoms with E-state index in [0.29, 0.717) is 4.77 Å². The third-order valence-corrected chi connectivity index (χ3v) is 3.72. The van der Waals surface area contributed by atoms with Crippen LogP contribution in [-0.4, -0.2) is 24.1 Å². The number of aryl methyl sites for hydroxylation is 1. The minimum atomic E-state index is 0.665. The number of rotatable bonds is 4. The summed E-state index contributed by atoms with van der Waals surface area (Å²) in [5, 5.41) is 7.31. The lowest BCUT2D eigenvalue weighted by atomic mass is 10.3. The molecule has 0 bridgehead atoms. The lowest BCUT2D eigenvalue weighted by Gasteiger charge is -2.06. The quantitative estimate of drug-likeness (QED) is 0.749. The average molecular weight is 287 g/mol. The van der Waals surface area contributed by atoms with Gasteiger partial charge in [-0.05, 0) is 37.7 Å². The van der Waals surface area contributed by atoms with Crippen LogP contribution in [0.3, 0.4) is 0 Å². The van der Waals surface area contributed by atoms with Crippen LogP contribution in [0.15, 0.2) is 24.4 Å². The molecule has 0 saturated carbocycles. The number of aromatic amines is 1. The van der Waals surface area contributed by atoms with Crippen LogP contribution in [0.4, 0.5) is 0 Å². The zero-order valence-electron chi connectivity index (χ0n) is 11.6. The molecule has 0 spiro atoms. The topological polar surface area (TPSA) is 50.9 Å². The molecule has 3 aromatic rings. The molecule has 0 unspecified atom stereocenters. The molecule has 0 aliphatic rings. The molecular weight excluding hydrogens is 270 g/mol. The third-order valence-electron chi connectivity index (χ3n) is 3.41. The zero-order chi connectivity index (χ0) is 14.1. The third kappa shape index (κ3) is 2.06. The molecule has 3 aromatic heterocycles. The van der Waals surface area contributed by atoms with Crippen LogP contribution in [0.1, 0.15) is 25.5 Å². The van der Waals surface area contributed by atoms with E-state index in [1.165, 1.54) is 0 Å². The standard InChI is InChI=1S/C14H17N5S/c1-3-4-8-19-13(16-17-14(19)20)12-10(2)15-11-7-5-6-9-18(11)12/h5-7,9H,3-4,8H2,1-2H3,(H,17,20). The van der Waals surface area contributed by atoms with Crippen molar-refractivity contribution in [3.63, 3.8) is 0 Å². The summed E-state index contributed by atoms with van der Waals surface area (Å²) in [4.78, 5) is 4.58. The van der Waals surface area contributed by atoms with Gasteiger partial charge in [0, 0.05) is 12.7 Å². The number of imidazole rings is 1. The van der Waals surface area contributed by atoms with Crippen LogP contribution >= 0.6 is 12.2 Å². The molecule has 0 aliphatic carbocycles. The molecule has 5 nitrogen and oxygen atoms in total.